The highest BCUT2D eigenvalue weighted by Gasteiger charge is 2.24. The molecule has 6 heteroatoms. The van der Waals surface area contributed by atoms with Crippen molar-refractivity contribution in [2.75, 3.05) is 20.3 Å². The van der Waals surface area contributed by atoms with E-state index in [1.807, 2.05) is 67.6 Å². The van der Waals surface area contributed by atoms with Crippen molar-refractivity contribution in [3.8, 4) is 17.2 Å². The van der Waals surface area contributed by atoms with E-state index >= 15 is 0 Å². The van der Waals surface area contributed by atoms with E-state index in [-0.39, 0.29) is 5.70 Å². The summed E-state index contributed by atoms with van der Waals surface area (Å²) in [7, 11) is 1.57. The van der Waals surface area contributed by atoms with E-state index in [9.17, 15) is 4.79 Å². The molecule has 0 bridgehead atoms. The first-order valence-corrected chi connectivity index (χ1v) is 10.2. The summed E-state index contributed by atoms with van der Waals surface area (Å²) >= 11 is 0. The van der Waals surface area contributed by atoms with Crippen molar-refractivity contribution in [2.45, 2.75) is 6.92 Å². The third-order valence-electron chi connectivity index (χ3n) is 4.76. The summed E-state index contributed by atoms with van der Waals surface area (Å²) in [5, 5.41) is 0. The Kier molecular flexibility index (Phi) is 6.51. The van der Waals surface area contributed by atoms with E-state index in [0.29, 0.717) is 30.6 Å². The van der Waals surface area contributed by atoms with Crippen LogP contribution in [-0.4, -0.2) is 32.2 Å². The fraction of sp³-hybridized carbons (Fsp3) is 0.154. The normalized spacial score (nSPS) is 14.1. The average molecular weight is 429 g/mol. The number of hydrogen-bond acceptors (Lipinski definition) is 6. The molecule has 0 N–H and O–H groups in total. The van der Waals surface area contributed by atoms with E-state index < -0.39 is 5.97 Å². The molecule has 0 aliphatic carbocycles. The maximum absolute atomic E-state index is 12.2. The van der Waals surface area contributed by atoms with Crippen molar-refractivity contribution in [3.63, 3.8) is 0 Å². The third kappa shape index (κ3) is 5.16. The van der Waals surface area contributed by atoms with Gasteiger partial charge in [0.1, 0.15) is 19.0 Å². The van der Waals surface area contributed by atoms with E-state index in [0.717, 1.165) is 16.9 Å². The Balaban J connectivity index is 1.41. The van der Waals surface area contributed by atoms with Gasteiger partial charge in [0.25, 0.3) is 0 Å². The van der Waals surface area contributed by atoms with Crippen LogP contribution in [-0.2, 0) is 9.53 Å². The number of aliphatic imine (C=N–C) groups is 1. The number of benzene rings is 3. The zero-order valence-electron chi connectivity index (χ0n) is 17.9. The predicted octanol–water partition coefficient (Wildman–Crippen LogP) is 4.81. The molecule has 0 saturated carbocycles. The molecule has 0 saturated heterocycles. The first kappa shape index (κ1) is 21.2. The number of aryl methyl sites for hydroxylation is 1. The molecule has 4 rings (SSSR count). The van der Waals surface area contributed by atoms with E-state index in [1.54, 1.807) is 25.3 Å². The molecule has 162 valence electrons. The minimum Gasteiger partial charge on any atom is -0.493 e. The molecular formula is C26H23NO5. The number of hydrogen-bond donors (Lipinski definition) is 0. The van der Waals surface area contributed by atoms with E-state index in [1.165, 1.54) is 5.56 Å². The monoisotopic (exact) mass is 429 g/mol. The van der Waals surface area contributed by atoms with Crippen LogP contribution in [0.5, 0.6) is 17.2 Å². The molecule has 0 aromatic heterocycles. The molecular weight excluding hydrogens is 406 g/mol. The standard InChI is InChI=1S/C26H23NO5/c1-18-8-11-21(12-9-18)30-14-15-31-23-13-10-19(17-24(23)29-2)16-22-26(28)32-25(27-22)20-6-4-3-5-7-20/h3-13,16-17H,14-15H2,1-2H3/b22-16-. The molecule has 3 aromatic rings. The number of esters is 1. The second kappa shape index (κ2) is 9.83. The first-order valence-electron chi connectivity index (χ1n) is 10.2. The number of carbonyl (C=O) groups is 1. The highest BCUT2D eigenvalue weighted by molar-refractivity contribution is 6.12. The van der Waals surface area contributed by atoms with Crippen LogP contribution < -0.4 is 14.2 Å². The van der Waals surface area contributed by atoms with E-state index in [2.05, 4.69) is 4.99 Å². The fourth-order valence-electron chi connectivity index (χ4n) is 3.11. The lowest BCUT2D eigenvalue weighted by Gasteiger charge is -2.12. The van der Waals surface area contributed by atoms with E-state index in [4.69, 9.17) is 18.9 Å². The summed E-state index contributed by atoms with van der Waals surface area (Å²) < 4.78 is 22.2. The summed E-state index contributed by atoms with van der Waals surface area (Å²) in [4.78, 5) is 16.5. The van der Waals surface area contributed by atoms with Gasteiger partial charge in [0.2, 0.25) is 5.90 Å². The lowest BCUT2D eigenvalue weighted by atomic mass is 10.1. The van der Waals surface area contributed by atoms with Gasteiger partial charge in [-0.1, -0.05) is 42.0 Å². The molecule has 3 aromatic carbocycles. The highest BCUT2D eigenvalue weighted by atomic mass is 16.6. The SMILES string of the molecule is COc1cc(/C=C2\N=C(c3ccccc3)OC2=O)ccc1OCCOc1ccc(C)cc1. The molecule has 32 heavy (non-hydrogen) atoms. The Bertz CT molecular complexity index is 1150. The summed E-state index contributed by atoms with van der Waals surface area (Å²) in [5.74, 6) is 1.74. The van der Waals surface area contributed by atoms with Gasteiger partial charge in [-0.3, -0.25) is 0 Å². The van der Waals surface area contributed by atoms with Crippen LogP contribution in [0.1, 0.15) is 16.7 Å². The van der Waals surface area contributed by atoms with Gasteiger partial charge < -0.3 is 18.9 Å². The molecule has 6 nitrogen and oxygen atoms in total. The predicted molar refractivity (Wildman–Crippen MR) is 122 cm³/mol. The molecule has 0 unspecified atom stereocenters. The molecule has 1 aliphatic rings. The zero-order valence-corrected chi connectivity index (χ0v) is 17.9. The van der Waals surface area contributed by atoms with Crippen molar-refractivity contribution in [1.82, 2.24) is 0 Å². The maximum atomic E-state index is 12.2. The van der Waals surface area contributed by atoms with Gasteiger partial charge in [0, 0.05) is 5.56 Å². The molecule has 0 radical (unpaired) electrons. The number of rotatable bonds is 8. The molecule has 0 amide bonds. The second-order valence-corrected chi connectivity index (χ2v) is 7.12. The second-order valence-electron chi connectivity index (χ2n) is 7.12. The summed E-state index contributed by atoms with van der Waals surface area (Å²) in [5.41, 5.74) is 2.90. The molecule has 0 spiro atoms. The van der Waals surface area contributed by atoms with Crippen molar-refractivity contribution < 1.29 is 23.7 Å². The van der Waals surface area contributed by atoms with Crippen molar-refractivity contribution in [1.29, 1.82) is 0 Å². The van der Waals surface area contributed by atoms with Gasteiger partial charge in [0.15, 0.2) is 17.2 Å². The van der Waals surface area contributed by atoms with Crippen LogP contribution in [0.4, 0.5) is 0 Å². The quantitative estimate of drug-likeness (QED) is 0.292. The number of cyclic esters (lactones) is 1. The largest absolute Gasteiger partial charge is 0.493 e. The summed E-state index contributed by atoms with van der Waals surface area (Å²) in [6, 6.07) is 22.6. The van der Waals surface area contributed by atoms with Crippen molar-refractivity contribution in [2.24, 2.45) is 4.99 Å². The van der Waals surface area contributed by atoms with Gasteiger partial charge in [-0.2, -0.15) is 0 Å². The Labute approximate surface area is 186 Å². The first-order chi connectivity index (χ1) is 15.6. The Hall–Kier alpha value is -4.06. The van der Waals surface area contributed by atoms with Gasteiger partial charge in [-0.15, -0.1) is 0 Å². The lowest BCUT2D eigenvalue weighted by Crippen LogP contribution is -2.09. The van der Waals surface area contributed by atoms with Gasteiger partial charge in [0.05, 0.1) is 7.11 Å². The van der Waals surface area contributed by atoms with Crippen LogP contribution in [0.15, 0.2) is 83.5 Å². The highest BCUT2D eigenvalue weighted by Crippen LogP contribution is 2.30. The number of methoxy groups -OCH3 is 1. The third-order valence-corrected chi connectivity index (χ3v) is 4.76. The summed E-state index contributed by atoms with van der Waals surface area (Å²) in [6.45, 7) is 2.80. The van der Waals surface area contributed by atoms with Crippen LogP contribution in [0.2, 0.25) is 0 Å². The number of nitrogens with zero attached hydrogens (tertiary/aromatic N) is 1. The lowest BCUT2D eigenvalue weighted by molar-refractivity contribution is -0.129. The van der Waals surface area contributed by atoms with Crippen LogP contribution >= 0.6 is 0 Å². The van der Waals surface area contributed by atoms with Crippen molar-refractivity contribution >= 4 is 17.9 Å². The topological polar surface area (TPSA) is 66.4 Å². The zero-order chi connectivity index (χ0) is 22.3. The molecule has 1 aliphatic heterocycles. The molecule has 0 fully saturated rings. The minimum absolute atomic E-state index is 0.228. The van der Waals surface area contributed by atoms with Crippen LogP contribution in [0.3, 0.4) is 0 Å². The van der Waals surface area contributed by atoms with Crippen molar-refractivity contribution in [3.05, 3.63) is 95.2 Å². The fourth-order valence-corrected chi connectivity index (χ4v) is 3.11. The Morgan fingerprint density at radius 2 is 1.66 bits per heavy atom. The number of carbonyl (C=O) groups excluding carboxylic acids is 1. The summed E-state index contributed by atoms with van der Waals surface area (Å²) in [6.07, 6.45) is 1.66. The minimum atomic E-state index is -0.489. The van der Waals surface area contributed by atoms with Gasteiger partial charge >= 0.3 is 5.97 Å². The molecule has 0 atom stereocenters. The van der Waals surface area contributed by atoms with Crippen LogP contribution in [0, 0.1) is 6.92 Å². The maximum Gasteiger partial charge on any atom is 0.363 e. The smallest absolute Gasteiger partial charge is 0.363 e. The Morgan fingerprint density at radius 3 is 2.41 bits per heavy atom. The van der Waals surface area contributed by atoms with Gasteiger partial charge in [-0.25, -0.2) is 9.79 Å². The average Bonchev–Trinajstić information content (AvgIpc) is 3.19. The van der Waals surface area contributed by atoms with Gasteiger partial charge in [-0.05, 0) is 55.0 Å². The Morgan fingerprint density at radius 1 is 0.906 bits per heavy atom. The number of ether oxygens (including phenoxy) is 4. The van der Waals surface area contributed by atoms with Crippen LogP contribution in [0.25, 0.3) is 6.08 Å². The molecule has 1 heterocycles.